The van der Waals surface area contributed by atoms with E-state index >= 15 is 0 Å². The summed E-state index contributed by atoms with van der Waals surface area (Å²) < 4.78 is 40.4. The Hall–Kier alpha value is -2.42. The number of carbonyl (C=O) groups excluding carboxylic acids is 1. The van der Waals surface area contributed by atoms with Crippen LogP contribution < -0.4 is 10.6 Å². The van der Waals surface area contributed by atoms with Crippen LogP contribution in [0.5, 0.6) is 0 Å². The summed E-state index contributed by atoms with van der Waals surface area (Å²) in [5.74, 6) is -0.410. The molecular weight excluding hydrogens is 347 g/mol. The minimum absolute atomic E-state index is 0.00728. The number of hydrogen-bond acceptors (Lipinski definition) is 4. The molecule has 1 amide bonds. The molecule has 2 bridgehead atoms. The van der Waals surface area contributed by atoms with Crippen molar-refractivity contribution in [3.05, 3.63) is 41.7 Å². The number of aromatic nitrogens is 3. The lowest BCUT2D eigenvalue weighted by atomic mass is 10.00. The zero-order chi connectivity index (χ0) is 18.3. The molecule has 138 valence electrons. The zero-order valence-electron chi connectivity index (χ0n) is 13.8. The number of rotatable bonds is 3. The number of alkyl halides is 3. The van der Waals surface area contributed by atoms with Gasteiger partial charge >= 0.3 is 6.18 Å². The summed E-state index contributed by atoms with van der Waals surface area (Å²) in [6, 6.07) is 5.96. The number of amides is 1. The highest BCUT2D eigenvalue weighted by Gasteiger charge is 2.35. The average molecular weight is 365 g/mol. The molecule has 2 saturated heterocycles. The molecule has 0 spiro atoms. The molecule has 0 aliphatic carbocycles. The fraction of sp³-hybridized carbons (Fsp3) is 0.471. The molecule has 0 radical (unpaired) electrons. The summed E-state index contributed by atoms with van der Waals surface area (Å²) in [6.07, 6.45) is 0.651. The lowest BCUT2D eigenvalue weighted by molar-refractivity contribution is -0.137. The smallest absolute Gasteiger partial charge is 0.348 e. The van der Waals surface area contributed by atoms with Gasteiger partial charge in [-0.3, -0.25) is 4.79 Å². The van der Waals surface area contributed by atoms with Crippen LogP contribution in [0.25, 0.3) is 5.69 Å². The standard InChI is InChI=1S/C17H18F3N5O/c18-17(19,20)13-3-1-2-4-15(13)25-9-14(23-24-25)16(26)22-12-7-10-5-6-11(8-12)21-10/h1-4,9-12,21H,5-8H2,(H,22,26). The fourth-order valence-electron chi connectivity index (χ4n) is 3.83. The van der Waals surface area contributed by atoms with Crippen LogP contribution >= 0.6 is 0 Å². The van der Waals surface area contributed by atoms with Crippen molar-refractivity contribution in [3.8, 4) is 5.69 Å². The number of nitrogens with one attached hydrogen (secondary N) is 2. The first-order chi connectivity index (χ1) is 12.4. The molecule has 26 heavy (non-hydrogen) atoms. The van der Waals surface area contributed by atoms with Gasteiger partial charge < -0.3 is 10.6 Å². The van der Waals surface area contributed by atoms with Crippen molar-refractivity contribution < 1.29 is 18.0 Å². The van der Waals surface area contributed by atoms with Crippen LogP contribution in [-0.2, 0) is 6.18 Å². The Morgan fingerprint density at radius 1 is 1.19 bits per heavy atom. The Labute approximate surface area is 147 Å². The van der Waals surface area contributed by atoms with Gasteiger partial charge in [0.25, 0.3) is 5.91 Å². The van der Waals surface area contributed by atoms with E-state index in [1.807, 2.05) is 0 Å². The van der Waals surface area contributed by atoms with Gasteiger partial charge in [0.05, 0.1) is 17.4 Å². The molecule has 9 heteroatoms. The van der Waals surface area contributed by atoms with Crippen LogP contribution in [0, 0.1) is 0 Å². The predicted molar refractivity (Wildman–Crippen MR) is 86.8 cm³/mol. The summed E-state index contributed by atoms with van der Waals surface area (Å²) in [5.41, 5.74) is -0.980. The quantitative estimate of drug-likeness (QED) is 0.876. The Bertz CT molecular complexity index is 807. The van der Waals surface area contributed by atoms with Crippen molar-refractivity contribution in [2.45, 2.75) is 50.0 Å². The fourth-order valence-corrected chi connectivity index (χ4v) is 3.83. The van der Waals surface area contributed by atoms with Crippen LogP contribution in [0.3, 0.4) is 0 Å². The molecule has 0 saturated carbocycles. The van der Waals surface area contributed by atoms with Crippen molar-refractivity contribution in [1.29, 1.82) is 0 Å². The molecule has 2 unspecified atom stereocenters. The number of para-hydroxylation sites is 1. The van der Waals surface area contributed by atoms with E-state index in [0.29, 0.717) is 12.1 Å². The van der Waals surface area contributed by atoms with Gasteiger partial charge in [-0.05, 0) is 37.8 Å². The number of piperidine rings is 1. The second-order valence-electron chi connectivity index (χ2n) is 6.84. The van der Waals surface area contributed by atoms with E-state index in [9.17, 15) is 18.0 Å². The molecular formula is C17H18F3N5O. The van der Waals surface area contributed by atoms with Gasteiger partial charge in [0.2, 0.25) is 0 Å². The second-order valence-corrected chi connectivity index (χ2v) is 6.84. The SMILES string of the molecule is O=C(NC1CC2CCC(C1)N2)c1cn(-c2ccccc2C(F)(F)F)nn1. The Balaban J connectivity index is 1.51. The monoisotopic (exact) mass is 365 g/mol. The first-order valence-electron chi connectivity index (χ1n) is 8.56. The van der Waals surface area contributed by atoms with Gasteiger partial charge in [-0.15, -0.1) is 5.10 Å². The van der Waals surface area contributed by atoms with Gasteiger partial charge in [0.15, 0.2) is 5.69 Å². The first kappa shape index (κ1) is 17.0. The molecule has 6 nitrogen and oxygen atoms in total. The zero-order valence-corrected chi connectivity index (χ0v) is 13.8. The molecule has 1 aromatic carbocycles. The number of nitrogens with zero attached hydrogens (tertiary/aromatic N) is 3. The highest BCUT2D eigenvalue weighted by atomic mass is 19.4. The van der Waals surface area contributed by atoms with Gasteiger partial charge in [0, 0.05) is 18.1 Å². The number of fused-ring (bicyclic) bond motifs is 2. The van der Waals surface area contributed by atoms with Crippen LogP contribution in [0.2, 0.25) is 0 Å². The van der Waals surface area contributed by atoms with Gasteiger partial charge in [-0.25, -0.2) is 4.68 Å². The first-order valence-corrected chi connectivity index (χ1v) is 8.56. The van der Waals surface area contributed by atoms with Crippen LogP contribution in [0.15, 0.2) is 30.5 Å². The number of halogens is 3. The lowest BCUT2D eigenvalue weighted by Gasteiger charge is -2.29. The van der Waals surface area contributed by atoms with Crippen molar-refractivity contribution in [1.82, 2.24) is 25.6 Å². The molecule has 2 aromatic rings. The minimum Gasteiger partial charge on any atom is -0.348 e. The van der Waals surface area contributed by atoms with E-state index in [2.05, 4.69) is 20.9 Å². The van der Waals surface area contributed by atoms with E-state index in [1.54, 1.807) is 0 Å². The lowest BCUT2D eigenvalue weighted by Crippen LogP contribution is -2.48. The van der Waals surface area contributed by atoms with E-state index in [0.717, 1.165) is 36.4 Å². The third-order valence-corrected chi connectivity index (χ3v) is 4.99. The highest BCUT2D eigenvalue weighted by Crippen LogP contribution is 2.33. The van der Waals surface area contributed by atoms with Crippen molar-refractivity contribution in [3.63, 3.8) is 0 Å². The van der Waals surface area contributed by atoms with Crippen LogP contribution in [0.1, 0.15) is 41.7 Å². The molecule has 1 aromatic heterocycles. The summed E-state index contributed by atoms with van der Waals surface area (Å²) in [5, 5.41) is 13.9. The minimum atomic E-state index is -4.51. The van der Waals surface area contributed by atoms with E-state index < -0.39 is 17.6 Å². The molecule has 2 aliphatic heterocycles. The number of benzene rings is 1. The highest BCUT2D eigenvalue weighted by molar-refractivity contribution is 5.92. The van der Waals surface area contributed by atoms with Crippen molar-refractivity contribution >= 4 is 5.91 Å². The largest absolute Gasteiger partial charge is 0.418 e. The second kappa shape index (κ2) is 6.39. The van der Waals surface area contributed by atoms with Crippen molar-refractivity contribution in [2.75, 3.05) is 0 Å². The maximum Gasteiger partial charge on any atom is 0.418 e. The number of hydrogen-bond donors (Lipinski definition) is 2. The average Bonchev–Trinajstić information content (AvgIpc) is 3.21. The topological polar surface area (TPSA) is 71.8 Å². The normalized spacial score (nSPS) is 25.3. The maximum atomic E-state index is 13.1. The third kappa shape index (κ3) is 3.31. The van der Waals surface area contributed by atoms with E-state index in [4.69, 9.17) is 0 Å². The van der Waals surface area contributed by atoms with Crippen LogP contribution in [0.4, 0.5) is 13.2 Å². The van der Waals surface area contributed by atoms with Gasteiger partial charge in [-0.2, -0.15) is 13.2 Å². The summed E-state index contributed by atoms with van der Waals surface area (Å²) in [6.45, 7) is 0. The van der Waals surface area contributed by atoms with Crippen molar-refractivity contribution in [2.24, 2.45) is 0 Å². The Kier molecular flexibility index (Phi) is 4.18. The van der Waals surface area contributed by atoms with Crippen LogP contribution in [-0.4, -0.2) is 39.0 Å². The molecule has 4 rings (SSSR count). The van der Waals surface area contributed by atoms with Gasteiger partial charge in [0.1, 0.15) is 0 Å². The molecule has 2 aliphatic rings. The molecule has 2 fully saturated rings. The molecule has 2 atom stereocenters. The Morgan fingerprint density at radius 3 is 2.58 bits per heavy atom. The summed E-state index contributed by atoms with van der Waals surface area (Å²) >= 11 is 0. The van der Waals surface area contributed by atoms with Gasteiger partial charge in [-0.1, -0.05) is 17.3 Å². The van der Waals surface area contributed by atoms with E-state index in [1.165, 1.54) is 24.4 Å². The summed E-state index contributed by atoms with van der Waals surface area (Å²) in [7, 11) is 0. The predicted octanol–water partition coefficient (Wildman–Crippen LogP) is 2.30. The number of carbonyl (C=O) groups is 1. The molecule has 2 N–H and O–H groups in total. The third-order valence-electron chi connectivity index (χ3n) is 4.99. The molecule has 3 heterocycles. The summed E-state index contributed by atoms with van der Waals surface area (Å²) in [4.78, 5) is 12.4. The Morgan fingerprint density at radius 2 is 1.88 bits per heavy atom. The van der Waals surface area contributed by atoms with E-state index in [-0.39, 0.29) is 17.4 Å². The maximum absolute atomic E-state index is 13.1.